The number of benzene rings is 1. The molecular weight excluding hydrogens is 349 g/mol. The molecule has 1 fully saturated rings. The average molecular weight is 366 g/mol. The van der Waals surface area contributed by atoms with Crippen LogP contribution in [0, 0.1) is 23.4 Å². The first-order valence-corrected chi connectivity index (χ1v) is 8.21. The predicted octanol–water partition coefficient (Wildman–Crippen LogP) is 4.37. The van der Waals surface area contributed by atoms with Crippen molar-refractivity contribution in [1.29, 1.82) is 0 Å². The minimum absolute atomic E-state index is 0.0568. The van der Waals surface area contributed by atoms with E-state index in [9.17, 15) is 13.2 Å². The van der Waals surface area contributed by atoms with Crippen molar-refractivity contribution in [1.82, 2.24) is 15.0 Å². The van der Waals surface area contributed by atoms with Crippen LogP contribution < -0.4 is 0 Å². The molecule has 0 N–H and O–H groups in total. The van der Waals surface area contributed by atoms with Crippen LogP contribution in [-0.4, -0.2) is 27.3 Å². The summed E-state index contributed by atoms with van der Waals surface area (Å²) in [7, 11) is 0. The standard InChI is InChI=1S/C16H17F3N6O/c1-3-14-8(2)13(6-15(26-14)22-23-20)25-7-12(21-24-25)9-4-10(17)16(19)11(18)5-9/h4-5,7-8,13-15H,3,6H2,1-2H3/t8-,13+,14+,15+/m0/s1. The van der Waals surface area contributed by atoms with E-state index in [2.05, 4.69) is 20.3 Å². The van der Waals surface area contributed by atoms with Crippen LogP contribution in [0.4, 0.5) is 13.2 Å². The summed E-state index contributed by atoms with van der Waals surface area (Å²) in [6.07, 6.45) is 1.91. The fraction of sp³-hybridized carbons (Fsp3) is 0.500. The molecule has 7 nitrogen and oxygen atoms in total. The van der Waals surface area contributed by atoms with E-state index < -0.39 is 23.7 Å². The lowest BCUT2D eigenvalue weighted by Crippen LogP contribution is -2.40. The highest BCUT2D eigenvalue weighted by Crippen LogP contribution is 2.36. The van der Waals surface area contributed by atoms with Gasteiger partial charge in [0.05, 0.1) is 18.3 Å². The van der Waals surface area contributed by atoms with Crippen LogP contribution in [0.2, 0.25) is 0 Å². The summed E-state index contributed by atoms with van der Waals surface area (Å²) in [6, 6.07) is 1.58. The van der Waals surface area contributed by atoms with Crippen molar-refractivity contribution < 1.29 is 17.9 Å². The third-order valence-corrected chi connectivity index (χ3v) is 4.68. The molecule has 1 aromatic carbocycles. The highest BCUT2D eigenvalue weighted by atomic mass is 19.2. The van der Waals surface area contributed by atoms with Gasteiger partial charge in [0.2, 0.25) is 0 Å². The van der Waals surface area contributed by atoms with Crippen molar-refractivity contribution >= 4 is 0 Å². The van der Waals surface area contributed by atoms with E-state index in [0.29, 0.717) is 6.42 Å². The average Bonchev–Trinajstić information content (AvgIpc) is 3.10. The first-order valence-electron chi connectivity index (χ1n) is 8.21. The van der Waals surface area contributed by atoms with Crippen LogP contribution in [0.25, 0.3) is 21.7 Å². The second kappa shape index (κ2) is 7.35. The maximum Gasteiger partial charge on any atom is 0.194 e. The van der Waals surface area contributed by atoms with E-state index in [0.717, 1.165) is 18.6 Å². The largest absolute Gasteiger partial charge is 0.369 e. The van der Waals surface area contributed by atoms with Gasteiger partial charge in [0.1, 0.15) is 11.9 Å². The summed E-state index contributed by atoms with van der Waals surface area (Å²) in [5.74, 6) is -4.05. The number of aromatic nitrogens is 3. The molecule has 0 amide bonds. The van der Waals surface area contributed by atoms with Gasteiger partial charge in [0.15, 0.2) is 17.5 Å². The topological polar surface area (TPSA) is 88.7 Å². The molecule has 26 heavy (non-hydrogen) atoms. The fourth-order valence-corrected chi connectivity index (χ4v) is 3.27. The third-order valence-electron chi connectivity index (χ3n) is 4.68. The van der Waals surface area contributed by atoms with Gasteiger partial charge >= 0.3 is 0 Å². The summed E-state index contributed by atoms with van der Waals surface area (Å²) in [5.41, 5.74) is 8.98. The van der Waals surface area contributed by atoms with Crippen molar-refractivity contribution in [3.63, 3.8) is 0 Å². The van der Waals surface area contributed by atoms with Crippen LogP contribution in [0.5, 0.6) is 0 Å². The maximum absolute atomic E-state index is 13.4. The van der Waals surface area contributed by atoms with Crippen LogP contribution >= 0.6 is 0 Å². The van der Waals surface area contributed by atoms with Gasteiger partial charge in [-0.1, -0.05) is 24.2 Å². The number of hydrogen-bond acceptors (Lipinski definition) is 4. The Morgan fingerprint density at radius 1 is 1.35 bits per heavy atom. The molecule has 0 bridgehead atoms. The van der Waals surface area contributed by atoms with Gasteiger partial charge in [-0.25, -0.2) is 17.9 Å². The van der Waals surface area contributed by atoms with Gasteiger partial charge in [0.25, 0.3) is 0 Å². The molecule has 3 rings (SSSR count). The van der Waals surface area contributed by atoms with Crippen LogP contribution in [-0.2, 0) is 4.74 Å². The van der Waals surface area contributed by atoms with Crippen molar-refractivity contribution in [2.24, 2.45) is 11.0 Å². The highest BCUT2D eigenvalue weighted by molar-refractivity contribution is 5.57. The Kier molecular flexibility index (Phi) is 5.15. The molecular formula is C16H17F3N6O. The third kappa shape index (κ3) is 3.38. The summed E-state index contributed by atoms with van der Waals surface area (Å²) >= 11 is 0. The van der Waals surface area contributed by atoms with Crippen molar-refractivity contribution in [3.8, 4) is 11.3 Å². The van der Waals surface area contributed by atoms with Crippen molar-refractivity contribution in [2.75, 3.05) is 0 Å². The zero-order chi connectivity index (χ0) is 18.8. The zero-order valence-corrected chi connectivity index (χ0v) is 14.2. The number of hydrogen-bond donors (Lipinski definition) is 0. The van der Waals surface area contributed by atoms with E-state index in [-0.39, 0.29) is 29.3 Å². The van der Waals surface area contributed by atoms with Crippen LogP contribution in [0.3, 0.4) is 0 Å². The Hall–Kier alpha value is -2.58. The number of azide groups is 1. The minimum Gasteiger partial charge on any atom is -0.369 e. The van der Waals surface area contributed by atoms with Gasteiger partial charge in [0, 0.05) is 22.8 Å². The number of nitrogens with zero attached hydrogens (tertiary/aromatic N) is 6. The first-order chi connectivity index (χ1) is 12.4. The molecule has 2 heterocycles. The maximum atomic E-state index is 13.4. The molecule has 0 spiro atoms. The lowest BCUT2D eigenvalue weighted by atomic mass is 9.88. The monoisotopic (exact) mass is 366 g/mol. The zero-order valence-electron chi connectivity index (χ0n) is 14.2. The molecule has 4 atom stereocenters. The predicted molar refractivity (Wildman–Crippen MR) is 86.2 cm³/mol. The lowest BCUT2D eigenvalue weighted by Gasteiger charge is -2.38. The van der Waals surface area contributed by atoms with Crippen LogP contribution in [0.1, 0.15) is 32.7 Å². The fourth-order valence-electron chi connectivity index (χ4n) is 3.27. The van der Waals surface area contributed by atoms with Gasteiger partial charge in [-0.05, 0) is 24.1 Å². The number of halogens is 3. The van der Waals surface area contributed by atoms with E-state index in [1.165, 1.54) is 0 Å². The van der Waals surface area contributed by atoms with Crippen molar-refractivity contribution in [2.45, 2.75) is 45.1 Å². The van der Waals surface area contributed by atoms with E-state index in [1.807, 2.05) is 13.8 Å². The molecule has 2 aromatic rings. The van der Waals surface area contributed by atoms with Gasteiger partial charge < -0.3 is 4.74 Å². The normalized spacial score (nSPS) is 25.7. The summed E-state index contributed by atoms with van der Waals surface area (Å²) in [6.45, 7) is 3.96. The smallest absolute Gasteiger partial charge is 0.194 e. The molecule has 0 saturated carbocycles. The molecule has 1 aromatic heterocycles. The molecule has 10 heteroatoms. The second-order valence-corrected chi connectivity index (χ2v) is 6.24. The van der Waals surface area contributed by atoms with E-state index in [1.54, 1.807) is 10.9 Å². The van der Waals surface area contributed by atoms with Crippen LogP contribution in [0.15, 0.2) is 23.4 Å². The molecule has 0 unspecified atom stereocenters. The molecule has 1 aliphatic heterocycles. The molecule has 0 radical (unpaired) electrons. The SMILES string of the molecule is CC[C@H]1O[C@@H](N=[N+]=[N-])C[C@@H](n2cc(-c3cc(F)c(F)c(F)c3)nn2)[C@@H]1C. The Morgan fingerprint density at radius 2 is 2.04 bits per heavy atom. The second-order valence-electron chi connectivity index (χ2n) is 6.24. The first kappa shape index (κ1) is 18.2. The van der Waals surface area contributed by atoms with E-state index >= 15 is 0 Å². The van der Waals surface area contributed by atoms with Gasteiger partial charge in [-0.3, -0.25) is 0 Å². The van der Waals surface area contributed by atoms with E-state index in [4.69, 9.17) is 10.3 Å². The Labute approximate surface area is 147 Å². The Bertz CT molecular complexity index is 827. The molecule has 1 saturated heterocycles. The quantitative estimate of drug-likeness (QED) is 0.348. The summed E-state index contributed by atoms with van der Waals surface area (Å²) in [4.78, 5) is 2.80. The lowest BCUT2D eigenvalue weighted by molar-refractivity contribution is -0.100. The molecule has 0 aliphatic carbocycles. The number of rotatable bonds is 4. The van der Waals surface area contributed by atoms with Gasteiger partial charge in [-0.2, -0.15) is 0 Å². The highest BCUT2D eigenvalue weighted by Gasteiger charge is 2.36. The molecule has 1 aliphatic rings. The summed E-state index contributed by atoms with van der Waals surface area (Å²) < 4.78 is 47.4. The summed E-state index contributed by atoms with van der Waals surface area (Å²) in [5, 5.41) is 11.6. The Morgan fingerprint density at radius 3 is 2.65 bits per heavy atom. The molecule has 138 valence electrons. The van der Waals surface area contributed by atoms with Gasteiger partial charge in [-0.15, -0.1) is 5.10 Å². The van der Waals surface area contributed by atoms with Crippen molar-refractivity contribution in [3.05, 3.63) is 46.2 Å². The minimum atomic E-state index is -1.53. The number of ether oxygens (including phenoxy) is 1. The Balaban J connectivity index is 1.91.